The van der Waals surface area contributed by atoms with Gasteiger partial charge < -0.3 is 0 Å². The summed E-state index contributed by atoms with van der Waals surface area (Å²) in [6.07, 6.45) is 0.268. The number of sulfonamides is 1. The van der Waals surface area contributed by atoms with Crippen molar-refractivity contribution in [2.75, 3.05) is 4.72 Å². The minimum Gasteiger partial charge on any atom is -0.280 e. The summed E-state index contributed by atoms with van der Waals surface area (Å²) >= 11 is 0. The maximum Gasteiger partial charge on any atom is 0.261 e. The lowest BCUT2D eigenvalue weighted by Gasteiger charge is -2.09. The van der Waals surface area contributed by atoms with E-state index in [2.05, 4.69) is 4.72 Å². The van der Waals surface area contributed by atoms with Crippen molar-refractivity contribution in [3.63, 3.8) is 0 Å². The van der Waals surface area contributed by atoms with E-state index in [-0.39, 0.29) is 16.9 Å². The van der Waals surface area contributed by atoms with Crippen molar-refractivity contribution in [2.45, 2.75) is 18.2 Å². The van der Waals surface area contributed by atoms with E-state index in [9.17, 15) is 12.8 Å². The Balaban J connectivity index is 2.24. The Bertz CT molecular complexity index is 793. The number of nitrogens with one attached hydrogen (secondary N) is 1. The fourth-order valence-electron chi connectivity index (χ4n) is 1.78. The summed E-state index contributed by atoms with van der Waals surface area (Å²) in [7, 11) is -3.76. The monoisotopic (exact) mass is 304 g/mol. The molecule has 21 heavy (non-hydrogen) atoms. The Morgan fingerprint density at radius 1 is 1.19 bits per heavy atom. The minimum atomic E-state index is -3.76. The van der Waals surface area contributed by atoms with E-state index in [1.807, 2.05) is 6.07 Å². The predicted octanol–water partition coefficient (Wildman–Crippen LogP) is 3.00. The highest BCUT2D eigenvalue weighted by Crippen LogP contribution is 2.19. The topological polar surface area (TPSA) is 70.0 Å². The molecule has 0 bridgehead atoms. The highest BCUT2D eigenvalue weighted by atomic mass is 32.2. The zero-order chi connectivity index (χ0) is 15.5. The molecule has 0 aliphatic heterocycles. The SMILES string of the molecule is Cc1cc(S(=O)(=O)Nc2ccc(CC#N)cc2)ccc1F. The van der Waals surface area contributed by atoms with Crippen LogP contribution in [-0.4, -0.2) is 8.42 Å². The van der Waals surface area contributed by atoms with Gasteiger partial charge >= 0.3 is 0 Å². The summed E-state index contributed by atoms with van der Waals surface area (Å²) in [5, 5.41) is 8.58. The average Bonchev–Trinajstić information content (AvgIpc) is 2.44. The lowest BCUT2D eigenvalue weighted by atomic mass is 10.1. The van der Waals surface area contributed by atoms with Crippen LogP contribution >= 0.6 is 0 Å². The molecule has 0 atom stereocenters. The molecule has 6 heteroatoms. The van der Waals surface area contributed by atoms with Gasteiger partial charge in [-0.3, -0.25) is 4.72 Å². The van der Waals surface area contributed by atoms with Crippen LogP contribution in [0.3, 0.4) is 0 Å². The second-order valence-corrected chi connectivity index (χ2v) is 6.23. The van der Waals surface area contributed by atoms with E-state index >= 15 is 0 Å². The van der Waals surface area contributed by atoms with E-state index < -0.39 is 15.8 Å². The molecule has 0 spiro atoms. The fourth-order valence-corrected chi connectivity index (χ4v) is 2.92. The summed E-state index contributed by atoms with van der Waals surface area (Å²) in [5.74, 6) is -0.449. The first-order chi connectivity index (χ1) is 9.92. The van der Waals surface area contributed by atoms with Crippen LogP contribution in [0.15, 0.2) is 47.4 Å². The highest BCUT2D eigenvalue weighted by molar-refractivity contribution is 7.92. The molecule has 0 saturated heterocycles. The van der Waals surface area contributed by atoms with Crippen LogP contribution in [0.4, 0.5) is 10.1 Å². The van der Waals surface area contributed by atoms with Crippen molar-refractivity contribution in [2.24, 2.45) is 0 Å². The molecule has 0 aliphatic rings. The maximum atomic E-state index is 13.2. The van der Waals surface area contributed by atoms with Crippen LogP contribution in [0.1, 0.15) is 11.1 Å². The predicted molar refractivity (Wildman–Crippen MR) is 77.7 cm³/mol. The molecule has 0 heterocycles. The average molecular weight is 304 g/mol. The first kappa shape index (κ1) is 15.0. The molecule has 0 amide bonds. The zero-order valence-electron chi connectivity index (χ0n) is 11.3. The summed E-state index contributed by atoms with van der Waals surface area (Å²) in [5.41, 5.74) is 1.46. The van der Waals surface area contributed by atoms with Crippen LogP contribution in [0.2, 0.25) is 0 Å². The number of nitriles is 1. The van der Waals surface area contributed by atoms with Gasteiger partial charge in [0.05, 0.1) is 17.4 Å². The standard InChI is InChI=1S/C15H13FN2O2S/c1-11-10-14(6-7-15(11)16)21(19,20)18-13-4-2-12(3-5-13)8-9-17/h2-7,10,18H,8H2,1H3. The molecule has 0 aromatic heterocycles. The van der Waals surface area contributed by atoms with Crippen molar-refractivity contribution < 1.29 is 12.8 Å². The Morgan fingerprint density at radius 3 is 2.43 bits per heavy atom. The molecule has 0 aliphatic carbocycles. The van der Waals surface area contributed by atoms with Gasteiger partial charge in [-0.05, 0) is 48.4 Å². The Kier molecular flexibility index (Phi) is 4.24. The van der Waals surface area contributed by atoms with Crippen molar-refractivity contribution in [1.29, 1.82) is 5.26 Å². The second-order valence-electron chi connectivity index (χ2n) is 4.55. The number of anilines is 1. The quantitative estimate of drug-likeness (QED) is 0.944. The number of aryl methyl sites for hydroxylation is 1. The number of hydrogen-bond acceptors (Lipinski definition) is 3. The molecule has 0 unspecified atom stereocenters. The molecular formula is C15H13FN2O2S. The van der Waals surface area contributed by atoms with Gasteiger partial charge in [0.25, 0.3) is 10.0 Å². The van der Waals surface area contributed by atoms with Crippen molar-refractivity contribution in [1.82, 2.24) is 0 Å². The summed E-state index contributed by atoms with van der Waals surface area (Å²) in [6.45, 7) is 1.50. The summed E-state index contributed by atoms with van der Waals surface area (Å²) < 4.78 is 40.0. The molecular weight excluding hydrogens is 291 g/mol. The van der Waals surface area contributed by atoms with Gasteiger partial charge in [0.2, 0.25) is 0 Å². The molecule has 0 fully saturated rings. The summed E-state index contributed by atoms with van der Waals surface area (Å²) in [4.78, 5) is 0.00232. The largest absolute Gasteiger partial charge is 0.280 e. The summed E-state index contributed by atoms with van der Waals surface area (Å²) in [6, 6.07) is 12.2. The molecule has 2 aromatic carbocycles. The third kappa shape index (κ3) is 3.58. The molecule has 0 radical (unpaired) electrons. The lowest BCUT2D eigenvalue weighted by Crippen LogP contribution is -2.13. The van der Waals surface area contributed by atoms with Crippen LogP contribution in [0, 0.1) is 24.1 Å². The maximum absolute atomic E-state index is 13.2. The fraction of sp³-hybridized carbons (Fsp3) is 0.133. The van der Waals surface area contributed by atoms with Crippen molar-refractivity contribution >= 4 is 15.7 Å². The van der Waals surface area contributed by atoms with E-state index in [1.165, 1.54) is 19.1 Å². The van der Waals surface area contributed by atoms with E-state index in [0.29, 0.717) is 5.69 Å². The number of benzene rings is 2. The highest BCUT2D eigenvalue weighted by Gasteiger charge is 2.15. The van der Waals surface area contributed by atoms with Crippen LogP contribution in [0.25, 0.3) is 0 Å². The smallest absolute Gasteiger partial charge is 0.261 e. The van der Waals surface area contributed by atoms with Gasteiger partial charge in [0.1, 0.15) is 5.82 Å². The number of halogens is 1. The molecule has 2 aromatic rings. The third-order valence-electron chi connectivity index (χ3n) is 2.93. The molecule has 4 nitrogen and oxygen atoms in total. The van der Waals surface area contributed by atoms with E-state index in [0.717, 1.165) is 11.6 Å². The van der Waals surface area contributed by atoms with Gasteiger partial charge in [-0.15, -0.1) is 0 Å². The van der Waals surface area contributed by atoms with Gasteiger partial charge in [-0.25, -0.2) is 12.8 Å². The Morgan fingerprint density at radius 2 is 1.86 bits per heavy atom. The minimum absolute atomic E-state index is 0.00232. The second kappa shape index (κ2) is 5.94. The first-order valence-corrected chi connectivity index (χ1v) is 7.65. The van der Waals surface area contributed by atoms with Gasteiger partial charge in [-0.2, -0.15) is 5.26 Å². The number of hydrogen-bond donors (Lipinski definition) is 1. The molecule has 2 rings (SSSR count). The van der Waals surface area contributed by atoms with Crippen LogP contribution in [0.5, 0.6) is 0 Å². The normalized spacial score (nSPS) is 10.9. The first-order valence-electron chi connectivity index (χ1n) is 6.17. The van der Waals surface area contributed by atoms with E-state index in [4.69, 9.17) is 5.26 Å². The van der Waals surface area contributed by atoms with Crippen molar-refractivity contribution in [3.8, 4) is 6.07 Å². The number of rotatable bonds is 4. The van der Waals surface area contributed by atoms with Crippen LogP contribution in [-0.2, 0) is 16.4 Å². The molecule has 1 N–H and O–H groups in total. The van der Waals surface area contributed by atoms with Crippen LogP contribution < -0.4 is 4.72 Å². The van der Waals surface area contributed by atoms with Gasteiger partial charge in [0.15, 0.2) is 0 Å². The van der Waals surface area contributed by atoms with Gasteiger partial charge in [0, 0.05) is 5.69 Å². The Hall–Kier alpha value is -2.39. The van der Waals surface area contributed by atoms with Gasteiger partial charge in [-0.1, -0.05) is 12.1 Å². The van der Waals surface area contributed by atoms with E-state index in [1.54, 1.807) is 24.3 Å². The molecule has 0 saturated carbocycles. The third-order valence-corrected chi connectivity index (χ3v) is 4.31. The lowest BCUT2D eigenvalue weighted by molar-refractivity contribution is 0.598. The zero-order valence-corrected chi connectivity index (χ0v) is 12.1. The number of nitrogens with zero attached hydrogens (tertiary/aromatic N) is 1. The molecule has 108 valence electrons. The van der Waals surface area contributed by atoms with Crippen molar-refractivity contribution in [3.05, 3.63) is 59.4 Å². The Labute approximate surface area is 122 Å².